The Labute approximate surface area is 432 Å². The van der Waals surface area contributed by atoms with Crippen LogP contribution in [-0.4, -0.2) is 61.3 Å². The molecule has 1 aromatic carbocycles. The van der Waals surface area contributed by atoms with Crippen molar-refractivity contribution in [3.63, 3.8) is 0 Å². The van der Waals surface area contributed by atoms with Gasteiger partial charge >= 0.3 is 0 Å². The molecular weight excluding hydrogens is 932 g/mol. The van der Waals surface area contributed by atoms with E-state index in [1.807, 2.05) is 56.1 Å². The van der Waals surface area contributed by atoms with Gasteiger partial charge in [0.1, 0.15) is 22.4 Å². The number of hydrogen-bond donors (Lipinski definition) is 3. The molecule has 6 aliphatic rings. The number of imidazole rings is 3. The Morgan fingerprint density at radius 3 is 1.43 bits per heavy atom. The second kappa shape index (κ2) is 21.7. The van der Waals surface area contributed by atoms with E-state index >= 15 is 0 Å². The number of carbonyl (C=O) groups excluding carboxylic acids is 3. The summed E-state index contributed by atoms with van der Waals surface area (Å²) in [6.07, 6.45) is 29.0. The number of aryl methyl sites for hydroxylation is 3. The summed E-state index contributed by atoms with van der Waals surface area (Å²) >= 11 is 0. The van der Waals surface area contributed by atoms with Crippen LogP contribution >= 0.6 is 0 Å². The van der Waals surface area contributed by atoms with Gasteiger partial charge in [0.25, 0.3) is 0 Å². The highest BCUT2D eigenvalue weighted by atomic mass is 19.1. The van der Waals surface area contributed by atoms with Crippen LogP contribution in [0.1, 0.15) is 169 Å². The lowest BCUT2D eigenvalue weighted by Crippen LogP contribution is -2.24. The van der Waals surface area contributed by atoms with Crippen molar-refractivity contribution in [3.05, 3.63) is 89.1 Å². The quantitative estimate of drug-likeness (QED) is 0.101. The summed E-state index contributed by atoms with van der Waals surface area (Å²) in [7, 11) is 0. The highest BCUT2D eigenvalue weighted by Gasteiger charge is 2.40. The van der Waals surface area contributed by atoms with Crippen molar-refractivity contribution < 1.29 is 18.8 Å². The molecule has 0 saturated heterocycles. The number of hydrogen-bond acceptors (Lipinski definition) is 9. The van der Waals surface area contributed by atoms with Crippen molar-refractivity contribution in [1.82, 2.24) is 43.6 Å². The van der Waals surface area contributed by atoms with Crippen LogP contribution in [0.15, 0.2) is 61.1 Å². The Hall–Kier alpha value is -6.58. The maximum absolute atomic E-state index is 13.0. The molecule has 6 aromatic heterocycles. The third kappa shape index (κ3) is 11.0. The molecule has 388 valence electrons. The van der Waals surface area contributed by atoms with Gasteiger partial charge in [-0.1, -0.05) is 44.2 Å². The molecule has 0 spiro atoms. The summed E-state index contributed by atoms with van der Waals surface area (Å²) in [4.78, 5) is 65.1. The van der Waals surface area contributed by atoms with Gasteiger partial charge in [-0.05, 0) is 180 Å². The number of nitrogens with zero attached hydrogens (tertiary/aromatic N) is 9. The first-order valence-corrected chi connectivity index (χ1v) is 27.7. The summed E-state index contributed by atoms with van der Waals surface area (Å²) in [5.41, 5.74) is 9.19. The van der Waals surface area contributed by atoms with Crippen molar-refractivity contribution >= 4 is 69.1 Å². The number of anilines is 3. The second-order valence-corrected chi connectivity index (χ2v) is 22.5. The molecule has 3 atom stereocenters. The molecule has 3 amide bonds. The van der Waals surface area contributed by atoms with E-state index < -0.39 is 0 Å². The first-order valence-electron chi connectivity index (χ1n) is 27.7. The van der Waals surface area contributed by atoms with Crippen LogP contribution in [-0.2, 0) is 20.8 Å². The molecule has 0 radical (unpaired) electrons. The Kier molecular flexibility index (Phi) is 14.6. The van der Waals surface area contributed by atoms with Crippen LogP contribution in [0.5, 0.6) is 0 Å². The molecule has 7 aromatic rings. The van der Waals surface area contributed by atoms with E-state index in [0.717, 1.165) is 118 Å². The standard InChI is InChI=1S/C20H26N4O.C19H19FN4O.C19H26N4O/c1-12-7-17-19(21-11-12)24(16-3-2-4-16)20(22-17)23-18(25)10-15-9-13-5-6-14(15)8-13;1-12-9-16-18(21-11-12)24(15-3-2-4-15)19(22-16)23-17(25)10-13-5-7-14(20)8-6-13;1-13-11-16-18(20-12-13)23(15-7-4-8-15)19(21-16)22-17(24)10-9-14-5-2-3-6-14/h7,11,13-16H,2-6,8-10H2,1H3,(H,22,23,25);5-9,11,15H,2-4,10H2,1H3,(H,22,23,25);11-12,14-15H,2-10H2,1H3,(H,21,22,24). The van der Waals surface area contributed by atoms with Gasteiger partial charge in [-0.3, -0.25) is 44.0 Å². The number of rotatable bonds is 13. The highest BCUT2D eigenvalue weighted by molar-refractivity contribution is 5.93. The summed E-state index contributed by atoms with van der Waals surface area (Å²) in [5, 5.41) is 9.10. The lowest BCUT2D eigenvalue weighted by atomic mass is 9.86. The van der Waals surface area contributed by atoms with Gasteiger partial charge in [-0.2, -0.15) is 0 Å². The number of amides is 3. The zero-order valence-corrected chi connectivity index (χ0v) is 43.3. The van der Waals surface area contributed by atoms with E-state index in [9.17, 15) is 18.8 Å². The van der Waals surface area contributed by atoms with Crippen molar-refractivity contribution in [1.29, 1.82) is 0 Å². The van der Waals surface area contributed by atoms with Crippen molar-refractivity contribution in [2.45, 2.75) is 174 Å². The first-order chi connectivity index (χ1) is 36.0. The van der Waals surface area contributed by atoms with E-state index in [0.29, 0.717) is 54.7 Å². The average Bonchev–Trinajstić information content (AvgIpc) is 4.21. The Morgan fingerprint density at radius 2 is 1.01 bits per heavy atom. The number of halogens is 1. The summed E-state index contributed by atoms with van der Waals surface area (Å²) in [6, 6.07) is 13.2. The van der Waals surface area contributed by atoms with Crippen LogP contribution in [0.3, 0.4) is 0 Å². The van der Waals surface area contributed by atoms with E-state index in [4.69, 9.17) is 4.98 Å². The maximum Gasteiger partial charge on any atom is 0.231 e. The third-order valence-electron chi connectivity index (χ3n) is 16.9. The summed E-state index contributed by atoms with van der Waals surface area (Å²) < 4.78 is 19.3. The smallest absolute Gasteiger partial charge is 0.231 e. The van der Waals surface area contributed by atoms with E-state index in [-0.39, 0.29) is 30.0 Å². The van der Waals surface area contributed by atoms with Crippen molar-refractivity contribution in [3.8, 4) is 0 Å². The zero-order valence-electron chi connectivity index (χ0n) is 43.3. The summed E-state index contributed by atoms with van der Waals surface area (Å²) in [6.45, 7) is 6.03. The molecule has 2 bridgehead atoms. The fourth-order valence-corrected chi connectivity index (χ4v) is 12.3. The number of carbonyl (C=O) groups is 3. The lowest BCUT2D eigenvalue weighted by Gasteiger charge is -2.28. The number of aromatic nitrogens is 9. The molecule has 6 fully saturated rings. The zero-order chi connectivity index (χ0) is 50.9. The number of pyridine rings is 3. The van der Waals surface area contributed by atoms with E-state index in [2.05, 4.69) is 56.1 Å². The van der Waals surface area contributed by atoms with Gasteiger partial charge in [-0.15, -0.1) is 0 Å². The number of nitrogens with one attached hydrogen (secondary N) is 3. The van der Waals surface area contributed by atoms with Crippen LogP contribution in [0.25, 0.3) is 33.5 Å². The molecule has 6 aliphatic carbocycles. The lowest BCUT2D eigenvalue weighted by molar-refractivity contribution is -0.118. The summed E-state index contributed by atoms with van der Waals surface area (Å²) in [5.74, 6) is 4.67. The molecule has 3 unspecified atom stereocenters. The maximum atomic E-state index is 13.0. The molecular formula is C58H71FN12O3. The van der Waals surface area contributed by atoms with Gasteiger partial charge in [0.05, 0.1) is 6.42 Å². The Morgan fingerprint density at radius 1 is 0.554 bits per heavy atom. The van der Waals surface area contributed by atoms with Gasteiger partial charge < -0.3 is 0 Å². The number of benzene rings is 1. The number of fused-ring (bicyclic) bond motifs is 5. The fraction of sp³-hybridized carbons (Fsp3) is 0.534. The first kappa shape index (κ1) is 49.6. The topological polar surface area (TPSA) is 179 Å². The average molecular weight is 1000 g/mol. The van der Waals surface area contributed by atoms with Gasteiger partial charge in [0.15, 0.2) is 16.9 Å². The van der Waals surface area contributed by atoms with Crippen LogP contribution in [0, 0.1) is 50.3 Å². The molecule has 13 rings (SSSR count). The molecule has 16 heteroatoms. The van der Waals surface area contributed by atoms with Crippen LogP contribution in [0.2, 0.25) is 0 Å². The predicted octanol–water partition coefficient (Wildman–Crippen LogP) is 12.4. The molecule has 6 heterocycles. The minimum absolute atomic E-state index is 0.0921. The highest BCUT2D eigenvalue weighted by Crippen LogP contribution is 2.50. The SMILES string of the molecule is Cc1cnc2c(c1)nc(NC(=O)CC1CC3CCC1C3)n2C1CCC1.Cc1cnc2c(c1)nc(NC(=O)CCC1CCCC1)n2C1CCC1.Cc1cnc2c(c1)nc(NC(=O)Cc1ccc(F)cc1)n2C1CCC1. The minimum atomic E-state index is -0.308. The van der Waals surface area contributed by atoms with Crippen LogP contribution < -0.4 is 16.0 Å². The predicted molar refractivity (Wildman–Crippen MR) is 286 cm³/mol. The fourth-order valence-electron chi connectivity index (χ4n) is 12.3. The Balaban J connectivity index is 0.000000119. The molecule has 0 aliphatic heterocycles. The van der Waals surface area contributed by atoms with Gasteiger partial charge in [-0.25, -0.2) is 34.3 Å². The Bertz CT molecular complexity index is 3160. The molecule has 3 N–H and O–H groups in total. The minimum Gasteiger partial charge on any atom is -0.296 e. The van der Waals surface area contributed by atoms with E-state index in [1.165, 1.54) is 82.8 Å². The monoisotopic (exact) mass is 1000 g/mol. The van der Waals surface area contributed by atoms with E-state index in [1.54, 1.807) is 12.1 Å². The molecule has 15 nitrogen and oxygen atoms in total. The van der Waals surface area contributed by atoms with Crippen molar-refractivity contribution in [2.75, 3.05) is 16.0 Å². The van der Waals surface area contributed by atoms with Crippen LogP contribution in [0.4, 0.5) is 22.2 Å². The normalized spacial score (nSPS) is 20.6. The molecule has 74 heavy (non-hydrogen) atoms. The third-order valence-corrected chi connectivity index (χ3v) is 16.9. The largest absolute Gasteiger partial charge is 0.296 e. The van der Waals surface area contributed by atoms with Gasteiger partial charge in [0.2, 0.25) is 35.6 Å². The molecule has 6 saturated carbocycles. The second-order valence-electron chi connectivity index (χ2n) is 22.5. The van der Waals surface area contributed by atoms with Gasteiger partial charge in [0, 0.05) is 49.6 Å². The van der Waals surface area contributed by atoms with Crippen molar-refractivity contribution in [2.24, 2.45) is 23.7 Å².